The number of carbonyl (C=O) groups excluding carboxylic acids is 1. The maximum Gasteiger partial charge on any atom is 0.265 e. The summed E-state index contributed by atoms with van der Waals surface area (Å²) < 4.78 is 12.0. The van der Waals surface area contributed by atoms with Crippen molar-refractivity contribution in [2.75, 3.05) is 20.3 Å². The highest BCUT2D eigenvalue weighted by atomic mass is 32.2. The average molecular weight is 400 g/mol. The van der Waals surface area contributed by atoms with Crippen LogP contribution < -0.4 is 9.47 Å². The van der Waals surface area contributed by atoms with Gasteiger partial charge in [0, 0.05) is 7.05 Å². The van der Waals surface area contributed by atoms with Crippen molar-refractivity contribution in [2.45, 2.75) is 13.8 Å². The lowest BCUT2D eigenvalue weighted by Gasteiger charge is -2.10. The van der Waals surface area contributed by atoms with Crippen LogP contribution in [-0.2, 0) is 4.79 Å². The summed E-state index contributed by atoms with van der Waals surface area (Å²) in [5.74, 6) is 1.55. The highest BCUT2D eigenvalue weighted by molar-refractivity contribution is 8.26. The molecule has 0 N–H and O–H groups in total. The lowest BCUT2D eigenvalue weighted by atomic mass is 10.1. The minimum absolute atomic E-state index is 0.0613. The maximum atomic E-state index is 12.0. The first-order valence-electron chi connectivity index (χ1n) is 8.58. The van der Waals surface area contributed by atoms with Crippen LogP contribution in [0.5, 0.6) is 11.5 Å². The van der Waals surface area contributed by atoms with Crippen molar-refractivity contribution in [2.24, 2.45) is 0 Å². The molecule has 2 aromatic rings. The van der Waals surface area contributed by atoms with Gasteiger partial charge in [0.25, 0.3) is 5.91 Å². The summed E-state index contributed by atoms with van der Waals surface area (Å²) in [6.07, 6.45) is 1.84. The number of thioether (sulfide) groups is 1. The van der Waals surface area contributed by atoms with Crippen molar-refractivity contribution >= 4 is 40.3 Å². The summed E-state index contributed by atoms with van der Waals surface area (Å²) in [5.41, 5.74) is 3.39. The van der Waals surface area contributed by atoms with E-state index < -0.39 is 0 Å². The zero-order chi connectivity index (χ0) is 19.4. The molecule has 1 aliphatic heterocycles. The van der Waals surface area contributed by atoms with Crippen molar-refractivity contribution < 1.29 is 14.3 Å². The minimum atomic E-state index is -0.0613. The van der Waals surface area contributed by atoms with Crippen molar-refractivity contribution in [3.05, 3.63) is 64.1 Å². The molecule has 1 amide bonds. The Balaban J connectivity index is 1.50. The summed E-state index contributed by atoms with van der Waals surface area (Å²) in [5, 5.41) is 0. The smallest absolute Gasteiger partial charge is 0.265 e. The van der Waals surface area contributed by atoms with Crippen molar-refractivity contribution in [3.8, 4) is 11.5 Å². The Labute approximate surface area is 169 Å². The van der Waals surface area contributed by atoms with Crippen molar-refractivity contribution in [1.82, 2.24) is 4.90 Å². The molecule has 27 heavy (non-hydrogen) atoms. The van der Waals surface area contributed by atoms with Gasteiger partial charge in [-0.15, -0.1) is 0 Å². The van der Waals surface area contributed by atoms with Gasteiger partial charge in [0.2, 0.25) is 0 Å². The van der Waals surface area contributed by atoms with E-state index in [0.29, 0.717) is 22.4 Å². The molecule has 0 unspecified atom stereocenters. The molecule has 0 bridgehead atoms. The molecule has 0 saturated carbocycles. The second-order valence-corrected chi connectivity index (χ2v) is 7.93. The summed E-state index contributed by atoms with van der Waals surface area (Å²) in [6.45, 7) is 5.08. The summed E-state index contributed by atoms with van der Waals surface area (Å²) >= 11 is 6.45. The molecule has 1 heterocycles. The van der Waals surface area contributed by atoms with Gasteiger partial charge in [-0.1, -0.05) is 42.2 Å². The van der Waals surface area contributed by atoms with Crippen molar-refractivity contribution in [1.29, 1.82) is 0 Å². The maximum absolute atomic E-state index is 12.0. The summed E-state index contributed by atoms with van der Waals surface area (Å²) in [4.78, 5) is 14.2. The predicted molar refractivity (Wildman–Crippen MR) is 114 cm³/mol. The number of likely N-dealkylation sites (N-methyl/N-ethyl adjacent to an activating group) is 1. The van der Waals surface area contributed by atoms with E-state index >= 15 is 0 Å². The van der Waals surface area contributed by atoms with Crippen LogP contribution in [0.1, 0.15) is 16.7 Å². The van der Waals surface area contributed by atoms with E-state index in [9.17, 15) is 4.79 Å². The third kappa shape index (κ3) is 4.90. The number of nitrogens with zero attached hydrogens (tertiary/aromatic N) is 1. The fourth-order valence-corrected chi connectivity index (χ4v) is 3.66. The Bertz CT molecular complexity index is 891. The molecular formula is C21H21NO3S2. The fourth-order valence-electron chi connectivity index (χ4n) is 2.48. The van der Waals surface area contributed by atoms with Crippen LogP contribution in [0.25, 0.3) is 6.08 Å². The molecule has 1 fully saturated rings. The molecule has 0 aromatic heterocycles. The molecule has 1 saturated heterocycles. The topological polar surface area (TPSA) is 38.8 Å². The second-order valence-electron chi connectivity index (χ2n) is 6.25. The van der Waals surface area contributed by atoms with Gasteiger partial charge >= 0.3 is 0 Å². The first-order chi connectivity index (χ1) is 12.9. The molecule has 0 spiro atoms. The van der Waals surface area contributed by atoms with E-state index in [1.54, 1.807) is 7.05 Å². The number of benzene rings is 2. The predicted octanol–water partition coefficient (Wildman–Crippen LogP) is 4.59. The number of ether oxygens (including phenoxy) is 2. The summed E-state index contributed by atoms with van der Waals surface area (Å²) in [7, 11) is 1.69. The number of rotatable bonds is 6. The minimum Gasteiger partial charge on any atom is -0.490 e. The number of hydrogen-bond acceptors (Lipinski definition) is 5. The van der Waals surface area contributed by atoms with E-state index in [-0.39, 0.29) is 5.91 Å². The highest BCUT2D eigenvalue weighted by Gasteiger charge is 2.28. The lowest BCUT2D eigenvalue weighted by molar-refractivity contribution is -0.121. The van der Waals surface area contributed by atoms with Crippen LogP contribution in [0.15, 0.2) is 47.4 Å². The number of thiocarbonyl (C=S) groups is 1. The molecule has 4 nitrogen and oxygen atoms in total. The fraction of sp³-hybridized carbons (Fsp3) is 0.238. The quantitative estimate of drug-likeness (QED) is 0.403. The zero-order valence-corrected chi connectivity index (χ0v) is 17.2. The van der Waals surface area contributed by atoms with Crippen LogP contribution >= 0.6 is 24.0 Å². The van der Waals surface area contributed by atoms with E-state index in [1.165, 1.54) is 27.8 Å². The normalized spacial score (nSPS) is 15.5. The molecule has 0 atom stereocenters. The van der Waals surface area contributed by atoms with Gasteiger partial charge in [0.05, 0.1) is 4.91 Å². The second kappa shape index (κ2) is 8.59. The van der Waals surface area contributed by atoms with Gasteiger partial charge < -0.3 is 9.47 Å². The highest BCUT2D eigenvalue weighted by Crippen LogP contribution is 2.31. The van der Waals surface area contributed by atoms with Crippen molar-refractivity contribution in [3.63, 3.8) is 0 Å². The van der Waals surface area contributed by atoms with Gasteiger partial charge in [-0.2, -0.15) is 0 Å². The molecular weight excluding hydrogens is 378 g/mol. The van der Waals surface area contributed by atoms with Crippen LogP contribution in [0, 0.1) is 13.8 Å². The molecule has 6 heteroatoms. The molecule has 3 rings (SSSR count). The van der Waals surface area contributed by atoms with Crippen LogP contribution in [0.2, 0.25) is 0 Å². The first-order valence-corrected chi connectivity index (χ1v) is 9.81. The van der Waals surface area contributed by atoms with Gasteiger partial charge in [-0.25, -0.2) is 0 Å². The Morgan fingerprint density at radius 3 is 2.22 bits per heavy atom. The number of amides is 1. The number of carbonyl (C=O) groups is 1. The van der Waals surface area contributed by atoms with E-state index in [4.69, 9.17) is 21.7 Å². The average Bonchev–Trinajstić information content (AvgIpc) is 2.90. The Hall–Kier alpha value is -2.31. The molecule has 0 aliphatic carbocycles. The number of aryl methyl sites for hydroxylation is 2. The number of hydrogen-bond donors (Lipinski definition) is 0. The molecule has 1 aliphatic rings. The van der Waals surface area contributed by atoms with Crippen LogP contribution in [0.4, 0.5) is 0 Å². The van der Waals surface area contributed by atoms with E-state index in [2.05, 4.69) is 19.9 Å². The summed E-state index contributed by atoms with van der Waals surface area (Å²) in [6, 6.07) is 13.7. The van der Waals surface area contributed by atoms with Gasteiger partial charge in [-0.05, 0) is 60.9 Å². The van der Waals surface area contributed by atoms with E-state index in [0.717, 1.165) is 17.1 Å². The standard InChI is InChI=1S/C21H21NO3S2/c1-14-4-7-18(12-15(14)2)25-11-10-24-17-8-5-16(6-9-17)13-19-20(23)22(3)21(26)27-19/h4-9,12-13H,10-11H2,1-3H3/b19-13-. The van der Waals surface area contributed by atoms with E-state index in [1.807, 2.05) is 42.5 Å². The van der Waals surface area contributed by atoms with Crippen LogP contribution in [-0.4, -0.2) is 35.4 Å². The monoisotopic (exact) mass is 399 g/mol. The van der Waals surface area contributed by atoms with Gasteiger partial charge in [0.1, 0.15) is 29.0 Å². The largest absolute Gasteiger partial charge is 0.490 e. The third-order valence-corrected chi connectivity index (χ3v) is 5.75. The lowest BCUT2D eigenvalue weighted by Crippen LogP contribution is -2.22. The molecule has 140 valence electrons. The molecule has 0 radical (unpaired) electrons. The Kier molecular flexibility index (Phi) is 6.19. The first kappa shape index (κ1) is 19.5. The van der Waals surface area contributed by atoms with Gasteiger partial charge in [0.15, 0.2) is 0 Å². The SMILES string of the molecule is Cc1ccc(OCCOc2ccc(/C=C3\SC(=S)N(C)C3=O)cc2)cc1C. The Morgan fingerprint density at radius 1 is 1.00 bits per heavy atom. The van der Waals surface area contributed by atoms with Crippen LogP contribution in [0.3, 0.4) is 0 Å². The zero-order valence-electron chi connectivity index (χ0n) is 15.5. The third-order valence-electron chi connectivity index (χ3n) is 4.26. The Morgan fingerprint density at radius 2 is 1.63 bits per heavy atom. The van der Waals surface area contributed by atoms with Gasteiger partial charge in [-0.3, -0.25) is 9.69 Å². The molecule has 2 aromatic carbocycles.